The molecule has 0 radical (unpaired) electrons. The lowest BCUT2D eigenvalue weighted by molar-refractivity contribution is -0.136. The van der Waals surface area contributed by atoms with Gasteiger partial charge in [-0.1, -0.05) is 18.9 Å². The van der Waals surface area contributed by atoms with E-state index in [-0.39, 0.29) is 5.92 Å². The number of pyridine rings is 1. The Labute approximate surface area is 154 Å². The van der Waals surface area contributed by atoms with Crippen molar-refractivity contribution in [2.45, 2.75) is 44.4 Å². The Morgan fingerprint density at radius 2 is 1.81 bits per heavy atom. The standard InChI is InChI=1S/C20H25N5O/c26-19(16-5-1-2-6-16)25-13-9-15(10-14-25)17-8-12-22-20(23-17)24-18-7-3-4-11-21-18/h3-4,7-8,11-12,15-16H,1-2,5-6,9-10,13-14H2,(H,21,22,23,24). The van der Waals surface area contributed by atoms with Crippen molar-refractivity contribution in [2.75, 3.05) is 18.4 Å². The molecule has 0 bridgehead atoms. The fraction of sp³-hybridized carbons (Fsp3) is 0.500. The van der Waals surface area contributed by atoms with Gasteiger partial charge in [0.25, 0.3) is 0 Å². The molecule has 2 aromatic heterocycles. The zero-order valence-corrected chi connectivity index (χ0v) is 15.0. The number of rotatable bonds is 4. The van der Waals surface area contributed by atoms with Gasteiger partial charge in [0.05, 0.1) is 0 Å². The number of piperidine rings is 1. The van der Waals surface area contributed by atoms with Crippen molar-refractivity contribution in [2.24, 2.45) is 5.92 Å². The van der Waals surface area contributed by atoms with Crippen molar-refractivity contribution in [3.63, 3.8) is 0 Å². The molecule has 2 aliphatic rings. The molecule has 3 heterocycles. The third kappa shape index (κ3) is 3.84. The van der Waals surface area contributed by atoms with Gasteiger partial charge in [-0.05, 0) is 43.9 Å². The number of carbonyl (C=O) groups is 1. The third-order valence-electron chi connectivity index (χ3n) is 5.51. The second kappa shape index (κ2) is 7.81. The third-order valence-corrected chi connectivity index (χ3v) is 5.51. The zero-order chi connectivity index (χ0) is 17.8. The van der Waals surface area contributed by atoms with E-state index in [1.807, 2.05) is 24.3 Å². The molecular weight excluding hydrogens is 326 g/mol. The molecule has 4 rings (SSSR count). The lowest BCUT2D eigenvalue weighted by atomic mass is 9.92. The van der Waals surface area contributed by atoms with Gasteiger partial charge in [-0.3, -0.25) is 4.79 Å². The summed E-state index contributed by atoms with van der Waals surface area (Å²) in [5.41, 5.74) is 1.05. The lowest BCUT2D eigenvalue weighted by Gasteiger charge is -2.33. The molecule has 1 saturated heterocycles. The topological polar surface area (TPSA) is 71.0 Å². The van der Waals surface area contributed by atoms with Crippen molar-refractivity contribution < 1.29 is 4.79 Å². The number of likely N-dealkylation sites (tertiary alicyclic amines) is 1. The van der Waals surface area contributed by atoms with E-state index in [0.29, 0.717) is 17.8 Å². The van der Waals surface area contributed by atoms with Crippen LogP contribution >= 0.6 is 0 Å². The highest BCUT2D eigenvalue weighted by Crippen LogP contribution is 2.31. The van der Waals surface area contributed by atoms with Crippen molar-refractivity contribution in [3.8, 4) is 0 Å². The number of anilines is 2. The maximum atomic E-state index is 12.6. The smallest absolute Gasteiger partial charge is 0.228 e. The Hall–Kier alpha value is -2.50. The van der Waals surface area contributed by atoms with Crippen LogP contribution in [-0.4, -0.2) is 38.8 Å². The lowest BCUT2D eigenvalue weighted by Crippen LogP contribution is -2.40. The van der Waals surface area contributed by atoms with E-state index in [0.717, 1.165) is 50.3 Å². The Kier molecular flexibility index (Phi) is 5.09. The minimum Gasteiger partial charge on any atom is -0.342 e. The molecule has 6 nitrogen and oxygen atoms in total. The van der Waals surface area contributed by atoms with Crippen molar-refractivity contribution in [1.82, 2.24) is 19.9 Å². The molecule has 1 aliphatic carbocycles. The number of nitrogens with one attached hydrogen (secondary N) is 1. The maximum absolute atomic E-state index is 12.6. The highest BCUT2D eigenvalue weighted by atomic mass is 16.2. The summed E-state index contributed by atoms with van der Waals surface area (Å²) in [5.74, 6) is 2.35. The molecule has 6 heteroatoms. The van der Waals surface area contributed by atoms with Crippen molar-refractivity contribution in [1.29, 1.82) is 0 Å². The van der Waals surface area contributed by atoms with Crippen LogP contribution in [0.25, 0.3) is 0 Å². The van der Waals surface area contributed by atoms with Crippen LogP contribution in [-0.2, 0) is 4.79 Å². The van der Waals surface area contributed by atoms with E-state index in [1.54, 1.807) is 12.4 Å². The van der Waals surface area contributed by atoms with E-state index >= 15 is 0 Å². The van der Waals surface area contributed by atoms with Gasteiger partial charge in [0, 0.05) is 43.0 Å². The SMILES string of the molecule is O=C(C1CCCC1)N1CCC(c2ccnc(Nc3ccccn3)n2)CC1. The predicted octanol–water partition coefficient (Wildman–Crippen LogP) is 3.51. The predicted molar refractivity (Wildman–Crippen MR) is 100 cm³/mol. The number of hydrogen-bond donors (Lipinski definition) is 1. The molecule has 1 saturated carbocycles. The monoisotopic (exact) mass is 351 g/mol. The van der Waals surface area contributed by atoms with Crippen LogP contribution in [0.1, 0.15) is 50.1 Å². The number of amides is 1. The molecule has 2 aromatic rings. The maximum Gasteiger partial charge on any atom is 0.228 e. The molecule has 0 atom stereocenters. The summed E-state index contributed by atoms with van der Waals surface area (Å²) in [6, 6.07) is 7.69. The fourth-order valence-electron chi connectivity index (χ4n) is 4.04. The summed E-state index contributed by atoms with van der Waals surface area (Å²) in [4.78, 5) is 27.9. The quantitative estimate of drug-likeness (QED) is 0.913. The van der Waals surface area contributed by atoms with Gasteiger partial charge in [0.15, 0.2) is 0 Å². The first-order valence-corrected chi connectivity index (χ1v) is 9.59. The van der Waals surface area contributed by atoms with Gasteiger partial charge in [-0.2, -0.15) is 0 Å². The Morgan fingerprint density at radius 3 is 2.54 bits per heavy atom. The molecule has 1 amide bonds. The second-order valence-electron chi connectivity index (χ2n) is 7.23. The largest absolute Gasteiger partial charge is 0.342 e. The number of aromatic nitrogens is 3. The molecule has 136 valence electrons. The molecule has 1 N–H and O–H groups in total. The van der Waals surface area contributed by atoms with Crippen molar-refractivity contribution >= 4 is 17.7 Å². The van der Waals surface area contributed by atoms with E-state index in [2.05, 4.69) is 25.2 Å². The van der Waals surface area contributed by atoms with Gasteiger partial charge >= 0.3 is 0 Å². The molecule has 1 aliphatic heterocycles. The number of hydrogen-bond acceptors (Lipinski definition) is 5. The first-order valence-electron chi connectivity index (χ1n) is 9.59. The highest BCUT2D eigenvalue weighted by Gasteiger charge is 2.30. The summed E-state index contributed by atoms with van der Waals surface area (Å²) >= 11 is 0. The molecule has 0 spiro atoms. The van der Waals surface area contributed by atoms with Crippen LogP contribution in [0.4, 0.5) is 11.8 Å². The second-order valence-corrected chi connectivity index (χ2v) is 7.23. The van der Waals surface area contributed by atoms with E-state index < -0.39 is 0 Å². The van der Waals surface area contributed by atoms with Crippen LogP contribution in [0.3, 0.4) is 0 Å². The van der Waals surface area contributed by atoms with Crippen LogP contribution in [0, 0.1) is 5.92 Å². The zero-order valence-electron chi connectivity index (χ0n) is 15.0. The van der Waals surface area contributed by atoms with Crippen LogP contribution in [0.2, 0.25) is 0 Å². The first kappa shape index (κ1) is 16.9. The van der Waals surface area contributed by atoms with Gasteiger partial charge in [-0.15, -0.1) is 0 Å². The Bertz CT molecular complexity index is 737. The molecular formula is C20H25N5O. The average Bonchev–Trinajstić information content (AvgIpc) is 3.23. The minimum atomic E-state index is 0.278. The summed E-state index contributed by atoms with van der Waals surface area (Å²) in [5, 5.41) is 3.15. The van der Waals surface area contributed by atoms with Crippen LogP contribution in [0.5, 0.6) is 0 Å². The Balaban J connectivity index is 1.37. The number of carbonyl (C=O) groups excluding carboxylic acids is 1. The van der Waals surface area contributed by atoms with E-state index in [9.17, 15) is 4.79 Å². The van der Waals surface area contributed by atoms with Gasteiger partial charge in [-0.25, -0.2) is 15.0 Å². The van der Waals surface area contributed by atoms with Crippen LogP contribution in [0.15, 0.2) is 36.7 Å². The minimum absolute atomic E-state index is 0.278. The highest BCUT2D eigenvalue weighted by molar-refractivity contribution is 5.79. The van der Waals surface area contributed by atoms with E-state index in [1.165, 1.54) is 12.8 Å². The summed E-state index contributed by atoms with van der Waals surface area (Å²) in [6.45, 7) is 1.68. The molecule has 26 heavy (non-hydrogen) atoms. The summed E-state index contributed by atoms with van der Waals surface area (Å²) in [6.07, 6.45) is 10.0. The van der Waals surface area contributed by atoms with E-state index in [4.69, 9.17) is 0 Å². The molecule has 0 aromatic carbocycles. The Morgan fingerprint density at radius 1 is 1.00 bits per heavy atom. The van der Waals surface area contributed by atoms with Gasteiger partial charge < -0.3 is 10.2 Å². The van der Waals surface area contributed by atoms with Gasteiger partial charge in [0.2, 0.25) is 11.9 Å². The van der Waals surface area contributed by atoms with Gasteiger partial charge in [0.1, 0.15) is 5.82 Å². The summed E-state index contributed by atoms with van der Waals surface area (Å²) < 4.78 is 0. The fourth-order valence-corrected chi connectivity index (χ4v) is 4.04. The normalized spacial score (nSPS) is 18.8. The van der Waals surface area contributed by atoms with Crippen molar-refractivity contribution in [3.05, 3.63) is 42.4 Å². The number of nitrogens with zero attached hydrogens (tertiary/aromatic N) is 4. The first-order chi connectivity index (χ1) is 12.8. The molecule has 2 fully saturated rings. The summed E-state index contributed by atoms with van der Waals surface area (Å²) in [7, 11) is 0. The average molecular weight is 351 g/mol. The van der Waals surface area contributed by atoms with Crippen LogP contribution < -0.4 is 5.32 Å². The molecule has 0 unspecified atom stereocenters.